The number of hydrogen-bond acceptors (Lipinski definition) is 0. The Labute approximate surface area is 84.4 Å². The van der Waals surface area contributed by atoms with E-state index in [1.807, 2.05) is 0 Å². The van der Waals surface area contributed by atoms with Gasteiger partial charge < -0.3 is 0 Å². The molecule has 0 saturated carbocycles. The maximum absolute atomic E-state index is 3.85. The van der Waals surface area contributed by atoms with Crippen LogP contribution in [0.1, 0.15) is 51.9 Å². The second-order valence-corrected chi connectivity index (χ2v) is 3.75. The number of unbranched alkanes of at least 4 members (excludes halogenated alkanes) is 4. The van der Waals surface area contributed by atoms with Gasteiger partial charge in [-0.1, -0.05) is 58.6 Å². The first-order valence-electron chi connectivity index (χ1n) is 5.56. The third kappa shape index (κ3) is 9.66. The van der Waals surface area contributed by atoms with E-state index in [-0.39, 0.29) is 0 Å². The van der Waals surface area contributed by atoms with Crippen molar-refractivity contribution in [2.45, 2.75) is 51.9 Å². The Morgan fingerprint density at radius 2 is 1.85 bits per heavy atom. The summed E-state index contributed by atoms with van der Waals surface area (Å²) >= 11 is 0. The quantitative estimate of drug-likeness (QED) is 0.379. The van der Waals surface area contributed by atoms with Crippen LogP contribution in [0, 0.1) is 19.8 Å². The van der Waals surface area contributed by atoms with Crippen molar-refractivity contribution < 1.29 is 0 Å². The summed E-state index contributed by atoms with van der Waals surface area (Å²) in [5.41, 5.74) is 0. The molecule has 0 aromatic heterocycles. The number of allylic oxidation sites excluding steroid dienone is 2. The molecule has 76 valence electrons. The van der Waals surface area contributed by atoms with E-state index in [0.29, 0.717) is 5.92 Å². The Bertz CT molecular complexity index is 113. The SMILES string of the molecule is [CH2]CCCCC/C=C/C(C)CC[CH2]. The van der Waals surface area contributed by atoms with Crippen LogP contribution in [0.4, 0.5) is 0 Å². The molecule has 0 aromatic carbocycles. The molecule has 1 unspecified atom stereocenters. The molecule has 13 heavy (non-hydrogen) atoms. The average molecular weight is 180 g/mol. The van der Waals surface area contributed by atoms with Crippen molar-refractivity contribution in [3.05, 3.63) is 26.0 Å². The molecular weight excluding hydrogens is 156 g/mol. The molecule has 0 spiro atoms. The van der Waals surface area contributed by atoms with Crippen molar-refractivity contribution in [2.24, 2.45) is 5.92 Å². The Hall–Kier alpha value is -0.260. The molecule has 0 heteroatoms. The van der Waals surface area contributed by atoms with Gasteiger partial charge in [-0.15, -0.1) is 0 Å². The van der Waals surface area contributed by atoms with E-state index in [1.54, 1.807) is 0 Å². The standard InChI is InChI=1S/C13H24/c1-4-6-7-8-9-10-12-13(3)11-5-2/h10,12-13H,1-2,4-9,11H2,3H3/b12-10+. The highest BCUT2D eigenvalue weighted by molar-refractivity contribution is 4.86. The molecule has 0 amide bonds. The van der Waals surface area contributed by atoms with Crippen LogP contribution in [0.25, 0.3) is 0 Å². The van der Waals surface area contributed by atoms with Gasteiger partial charge in [0.1, 0.15) is 0 Å². The van der Waals surface area contributed by atoms with Crippen LogP contribution in [0.15, 0.2) is 12.2 Å². The number of hydrogen-bond donors (Lipinski definition) is 0. The summed E-state index contributed by atoms with van der Waals surface area (Å²) in [5.74, 6) is 0.713. The third-order valence-electron chi connectivity index (χ3n) is 2.24. The highest BCUT2D eigenvalue weighted by Crippen LogP contribution is 2.08. The zero-order chi connectivity index (χ0) is 9.94. The van der Waals surface area contributed by atoms with Gasteiger partial charge in [-0.05, 0) is 25.2 Å². The largest absolute Gasteiger partial charge is 0.0883 e. The van der Waals surface area contributed by atoms with E-state index in [1.165, 1.54) is 32.1 Å². The van der Waals surface area contributed by atoms with E-state index in [4.69, 9.17) is 0 Å². The third-order valence-corrected chi connectivity index (χ3v) is 2.24. The lowest BCUT2D eigenvalue weighted by atomic mass is 10.0. The molecule has 0 heterocycles. The fourth-order valence-corrected chi connectivity index (χ4v) is 1.36. The van der Waals surface area contributed by atoms with Crippen molar-refractivity contribution in [3.63, 3.8) is 0 Å². The normalized spacial score (nSPS) is 13.8. The predicted molar refractivity (Wildman–Crippen MR) is 61.3 cm³/mol. The Morgan fingerprint density at radius 3 is 2.46 bits per heavy atom. The van der Waals surface area contributed by atoms with E-state index in [0.717, 1.165) is 12.8 Å². The first kappa shape index (κ1) is 12.7. The Kier molecular flexibility index (Phi) is 9.63. The van der Waals surface area contributed by atoms with Crippen LogP contribution in [-0.2, 0) is 0 Å². The van der Waals surface area contributed by atoms with E-state index < -0.39 is 0 Å². The van der Waals surface area contributed by atoms with Gasteiger partial charge in [0.05, 0.1) is 0 Å². The average Bonchev–Trinajstić information content (AvgIpc) is 2.11. The molecule has 0 fully saturated rings. The fraction of sp³-hybridized carbons (Fsp3) is 0.692. The first-order chi connectivity index (χ1) is 6.31. The van der Waals surface area contributed by atoms with E-state index in [9.17, 15) is 0 Å². The molecule has 0 saturated heterocycles. The topological polar surface area (TPSA) is 0 Å². The monoisotopic (exact) mass is 180 g/mol. The summed E-state index contributed by atoms with van der Waals surface area (Å²) in [5, 5.41) is 0. The molecule has 1 atom stereocenters. The first-order valence-corrected chi connectivity index (χ1v) is 5.56. The van der Waals surface area contributed by atoms with E-state index in [2.05, 4.69) is 32.9 Å². The predicted octanol–water partition coefficient (Wildman–Crippen LogP) is 4.58. The van der Waals surface area contributed by atoms with Crippen molar-refractivity contribution in [2.75, 3.05) is 0 Å². The molecule has 0 aliphatic heterocycles. The molecule has 0 rings (SSSR count). The van der Waals surface area contributed by atoms with Crippen LogP contribution in [-0.4, -0.2) is 0 Å². The van der Waals surface area contributed by atoms with Gasteiger partial charge in [0.15, 0.2) is 0 Å². The lowest BCUT2D eigenvalue weighted by Crippen LogP contribution is -1.87. The lowest BCUT2D eigenvalue weighted by molar-refractivity contribution is 0.648. The highest BCUT2D eigenvalue weighted by Gasteiger charge is 1.92. The van der Waals surface area contributed by atoms with Crippen molar-refractivity contribution in [3.8, 4) is 0 Å². The lowest BCUT2D eigenvalue weighted by Gasteiger charge is -2.01. The van der Waals surface area contributed by atoms with Crippen LogP contribution in [0.3, 0.4) is 0 Å². The van der Waals surface area contributed by atoms with Crippen molar-refractivity contribution in [1.29, 1.82) is 0 Å². The summed E-state index contributed by atoms with van der Waals surface area (Å²) < 4.78 is 0. The Morgan fingerprint density at radius 1 is 1.08 bits per heavy atom. The minimum Gasteiger partial charge on any atom is -0.0883 e. The van der Waals surface area contributed by atoms with Gasteiger partial charge in [0, 0.05) is 0 Å². The van der Waals surface area contributed by atoms with Gasteiger partial charge in [-0.2, -0.15) is 0 Å². The molecule has 2 radical (unpaired) electrons. The molecule has 0 bridgehead atoms. The van der Waals surface area contributed by atoms with Crippen LogP contribution >= 0.6 is 0 Å². The Balaban J connectivity index is 3.20. The summed E-state index contributed by atoms with van der Waals surface area (Å²) in [7, 11) is 0. The summed E-state index contributed by atoms with van der Waals surface area (Å²) in [6.07, 6.45) is 13.2. The maximum atomic E-state index is 3.85. The molecule has 0 nitrogen and oxygen atoms in total. The summed E-state index contributed by atoms with van der Waals surface area (Å²) in [4.78, 5) is 0. The van der Waals surface area contributed by atoms with Crippen molar-refractivity contribution >= 4 is 0 Å². The second kappa shape index (κ2) is 9.83. The van der Waals surface area contributed by atoms with Crippen LogP contribution in [0.5, 0.6) is 0 Å². The van der Waals surface area contributed by atoms with E-state index >= 15 is 0 Å². The number of rotatable bonds is 8. The molecule has 0 N–H and O–H groups in total. The van der Waals surface area contributed by atoms with Gasteiger partial charge >= 0.3 is 0 Å². The van der Waals surface area contributed by atoms with Crippen LogP contribution < -0.4 is 0 Å². The van der Waals surface area contributed by atoms with Crippen molar-refractivity contribution in [1.82, 2.24) is 0 Å². The highest BCUT2D eigenvalue weighted by atomic mass is 14.0. The zero-order valence-corrected chi connectivity index (χ0v) is 9.10. The minimum atomic E-state index is 0.713. The fourth-order valence-electron chi connectivity index (χ4n) is 1.36. The summed E-state index contributed by atoms with van der Waals surface area (Å²) in [6.45, 7) is 9.95. The molecule has 0 aliphatic rings. The minimum absolute atomic E-state index is 0.713. The zero-order valence-electron chi connectivity index (χ0n) is 9.10. The van der Waals surface area contributed by atoms with Gasteiger partial charge in [0.25, 0.3) is 0 Å². The smallest absolute Gasteiger partial charge is 0.0262 e. The molecule has 0 aliphatic carbocycles. The maximum Gasteiger partial charge on any atom is -0.0262 e. The van der Waals surface area contributed by atoms with Gasteiger partial charge in [-0.25, -0.2) is 0 Å². The van der Waals surface area contributed by atoms with Crippen LogP contribution in [0.2, 0.25) is 0 Å². The van der Waals surface area contributed by atoms with Gasteiger partial charge in [0.2, 0.25) is 0 Å². The molecular formula is C13H24. The molecule has 0 aromatic rings. The van der Waals surface area contributed by atoms with Gasteiger partial charge in [-0.3, -0.25) is 0 Å². The second-order valence-electron chi connectivity index (χ2n) is 3.75. The summed E-state index contributed by atoms with van der Waals surface area (Å²) in [6, 6.07) is 0.